The highest BCUT2D eigenvalue weighted by Gasteiger charge is 2.36. The predicted molar refractivity (Wildman–Crippen MR) is 126 cm³/mol. The van der Waals surface area contributed by atoms with Crippen molar-refractivity contribution in [3.63, 3.8) is 0 Å². The van der Waals surface area contributed by atoms with Crippen molar-refractivity contribution in [1.29, 1.82) is 0 Å². The third kappa shape index (κ3) is 6.29. The van der Waals surface area contributed by atoms with E-state index in [1.165, 1.54) is 5.56 Å². The maximum atomic E-state index is 13.6. The number of benzene rings is 1. The molecule has 172 valence electrons. The summed E-state index contributed by atoms with van der Waals surface area (Å²) in [5.41, 5.74) is 1.67. The summed E-state index contributed by atoms with van der Waals surface area (Å²) in [6.07, 6.45) is 2.56. The summed E-state index contributed by atoms with van der Waals surface area (Å²) in [5, 5.41) is 12.8. The van der Waals surface area contributed by atoms with Gasteiger partial charge in [-0.05, 0) is 37.0 Å². The Bertz CT molecular complexity index is 903. The monoisotopic (exact) mass is 438 g/mol. The van der Waals surface area contributed by atoms with Gasteiger partial charge < -0.3 is 15.3 Å². The molecule has 1 amide bonds. The maximum Gasteiger partial charge on any atom is 0.305 e. The topological polar surface area (TPSA) is 85.8 Å². The van der Waals surface area contributed by atoms with Gasteiger partial charge in [0, 0.05) is 38.4 Å². The van der Waals surface area contributed by atoms with Crippen molar-refractivity contribution in [2.75, 3.05) is 25.0 Å². The molecule has 1 fully saturated rings. The van der Waals surface area contributed by atoms with Gasteiger partial charge in [-0.1, -0.05) is 44.2 Å². The van der Waals surface area contributed by atoms with Crippen LogP contribution in [0.2, 0.25) is 0 Å². The van der Waals surface area contributed by atoms with Crippen molar-refractivity contribution in [3.05, 3.63) is 59.8 Å². The highest BCUT2D eigenvalue weighted by Crippen LogP contribution is 2.24. The molecule has 7 nitrogen and oxygen atoms in total. The first-order valence-electron chi connectivity index (χ1n) is 11.3. The normalized spacial score (nSPS) is 19.2. The van der Waals surface area contributed by atoms with E-state index in [0.717, 1.165) is 19.5 Å². The Morgan fingerprint density at radius 1 is 1.16 bits per heavy atom. The van der Waals surface area contributed by atoms with Crippen LogP contribution in [0.25, 0.3) is 0 Å². The standard InChI is InChI=1S/C25H34N4O3/c1-18(2)11-13-27-24-22(10-7-12-26-24)25(32)29-15-19(3)28(17-21(29)14-23(30)31)16-20-8-5-4-6-9-20/h4-10,12,18-19,21H,11,13-17H2,1-3H3,(H,26,27)(H,30,31)/t19-,21+/m1/s1. The average molecular weight is 439 g/mol. The number of carbonyl (C=O) groups excluding carboxylic acids is 1. The summed E-state index contributed by atoms with van der Waals surface area (Å²) in [6, 6.07) is 13.4. The van der Waals surface area contributed by atoms with Gasteiger partial charge in [-0.3, -0.25) is 14.5 Å². The Kier molecular flexibility index (Phi) is 8.22. The number of pyridine rings is 1. The first-order valence-corrected chi connectivity index (χ1v) is 11.3. The molecule has 2 aromatic rings. The maximum absolute atomic E-state index is 13.6. The van der Waals surface area contributed by atoms with E-state index < -0.39 is 12.0 Å². The Morgan fingerprint density at radius 3 is 2.59 bits per heavy atom. The Morgan fingerprint density at radius 2 is 1.91 bits per heavy atom. The number of piperazine rings is 1. The smallest absolute Gasteiger partial charge is 0.305 e. The van der Waals surface area contributed by atoms with Crippen LogP contribution in [0.3, 0.4) is 0 Å². The van der Waals surface area contributed by atoms with E-state index in [2.05, 4.69) is 48.1 Å². The minimum Gasteiger partial charge on any atom is -0.481 e. The van der Waals surface area contributed by atoms with Crippen molar-refractivity contribution >= 4 is 17.7 Å². The number of amides is 1. The van der Waals surface area contributed by atoms with Crippen LogP contribution in [0.1, 0.15) is 49.5 Å². The second-order valence-electron chi connectivity index (χ2n) is 8.98. The molecular formula is C25H34N4O3. The minimum atomic E-state index is -0.900. The Hall–Kier alpha value is -2.93. The second kappa shape index (κ2) is 11.1. The zero-order valence-electron chi connectivity index (χ0n) is 19.2. The first kappa shape index (κ1) is 23.7. The lowest BCUT2D eigenvalue weighted by atomic mass is 10.0. The second-order valence-corrected chi connectivity index (χ2v) is 8.98. The fraction of sp³-hybridized carbons (Fsp3) is 0.480. The van der Waals surface area contributed by atoms with Gasteiger partial charge in [0.25, 0.3) is 5.91 Å². The lowest BCUT2D eigenvalue weighted by Crippen LogP contribution is -2.59. The molecule has 1 aliphatic heterocycles. The fourth-order valence-corrected chi connectivity index (χ4v) is 4.11. The van der Waals surface area contributed by atoms with Crippen LogP contribution in [-0.2, 0) is 11.3 Å². The number of carboxylic acid groups (broad SMARTS) is 1. The molecule has 0 saturated carbocycles. The molecule has 2 atom stereocenters. The molecule has 7 heteroatoms. The van der Waals surface area contributed by atoms with E-state index in [9.17, 15) is 14.7 Å². The molecule has 1 aromatic heterocycles. The lowest BCUT2D eigenvalue weighted by Gasteiger charge is -2.45. The van der Waals surface area contributed by atoms with E-state index in [4.69, 9.17) is 0 Å². The molecular weight excluding hydrogens is 404 g/mol. The van der Waals surface area contributed by atoms with E-state index in [0.29, 0.717) is 30.4 Å². The van der Waals surface area contributed by atoms with Crippen LogP contribution >= 0.6 is 0 Å². The minimum absolute atomic E-state index is 0.0832. The number of aliphatic carboxylic acids is 1. The van der Waals surface area contributed by atoms with E-state index in [-0.39, 0.29) is 18.4 Å². The Balaban J connectivity index is 1.78. The van der Waals surface area contributed by atoms with Crippen molar-refractivity contribution < 1.29 is 14.7 Å². The van der Waals surface area contributed by atoms with Gasteiger partial charge in [0.2, 0.25) is 0 Å². The number of hydrogen-bond donors (Lipinski definition) is 2. The average Bonchev–Trinajstić information content (AvgIpc) is 2.76. The molecule has 0 radical (unpaired) electrons. The van der Waals surface area contributed by atoms with Crippen LogP contribution in [0, 0.1) is 5.92 Å². The van der Waals surface area contributed by atoms with Crippen molar-refractivity contribution in [2.45, 2.75) is 52.2 Å². The number of nitrogens with one attached hydrogen (secondary N) is 1. The SMILES string of the molecule is CC(C)CCNc1ncccc1C(=O)N1C[C@@H](C)N(Cc2ccccc2)C[C@@H]1CC(=O)O. The van der Waals surface area contributed by atoms with Crippen molar-refractivity contribution in [1.82, 2.24) is 14.8 Å². The van der Waals surface area contributed by atoms with Gasteiger partial charge in [-0.2, -0.15) is 0 Å². The van der Waals surface area contributed by atoms with Crippen LogP contribution in [0.4, 0.5) is 5.82 Å². The quantitative estimate of drug-likeness (QED) is 0.621. The third-order valence-electron chi connectivity index (χ3n) is 5.92. The van der Waals surface area contributed by atoms with Crippen LogP contribution in [0.15, 0.2) is 48.7 Å². The Labute approximate surface area is 190 Å². The molecule has 32 heavy (non-hydrogen) atoms. The summed E-state index contributed by atoms with van der Waals surface area (Å²) >= 11 is 0. The van der Waals surface area contributed by atoms with Gasteiger partial charge in [0.1, 0.15) is 5.82 Å². The number of carbonyl (C=O) groups is 2. The molecule has 3 rings (SSSR count). The molecule has 0 bridgehead atoms. The summed E-state index contributed by atoms with van der Waals surface area (Å²) in [4.78, 5) is 33.5. The molecule has 2 heterocycles. The van der Waals surface area contributed by atoms with Gasteiger partial charge in [0.05, 0.1) is 18.0 Å². The zero-order chi connectivity index (χ0) is 23.1. The molecule has 1 aromatic carbocycles. The number of aromatic nitrogens is 1. The van der Waals surface area contributed by atoms with Crippen LogP contribution in [0.5, 0.6) is 0 Å². The van der Waals surface area contributed by atoms with Crippen molar-refractivity contribution in [2.24, 2.45) is 5.92 Å². The van der Waals surface area contributed by atoms with Gasteiger partial charge in [-0.25, -0.2) is 4.98 Å². The summed E-state index contributed by atoms with van der Waals surface area (Å²) in [5.74, 6) is 0.0431. The van der Waals surface area contributed by atoms with Crippen LogP contribution < -0.4 is 5.32 Å². The molecule has 2 N–H and O–H groups in total. The number of rotatable bonds is 9. The van der Waals surface area contributed by atoms with Gasteiger partial charge >= 0.3 is 5.97 Å². The fourth-order valence-electron chi connectivity index (χ4n) is 4.11. The highest BCUT2D eigenvalue weighted by atomic mass is 16.4. The van der Waals surface area contributed by atoms with Gasteiger partial charge in [0.15, 0.2) is 0 Å². The predicted octanol–water partition coefficient (Wildman–Crippen LogP) is 3.73. The van der Waals surface area contributed by atoms with E-state index >= 15 is 0 Å². The summed E-state index contributed by atoms with van der Waals surface area (Å²) < 4.78 is 0. The molecule has 1 saturated heterocycles. The highest BCUT2D eigenvalue weighted by molar-refractivity contribution is 5.99. The van der Waals surface area contributed by atoms with E-state index in [1.54, 1.807) is 23.2 Å². The first-order chi connectivity index (χ1) is 15.3. The van der Waals surface area contributed by atoms with E-state index in [1.807, 2.05) is 18.2 Å². The molecule has 0 unspecified atom stereocenters. The zero-order valence-corrected chi connectivity index (χ0v) is 19.2. The molecule has 0 aliphatic carbocycles. The number of hydrogen-bond acceptors (Lipinski definition) is 5. The van der Waals surface area contributed by atoms with Gasteiger partial charge in [-0.15, -0.1) is 0 Å². The number of nitrogens with zero attached hydrogens (tertiary/aromatic N) is 3. The molecule has 0 spiro atoms. The number of anilines is 1. The van der Waals surface area contributed by atoms with Crippen molar-refractivity contribution in [3.8, 4) is 0 Å². The number of carboxylic acids is 1. The van der Waals surface area contributed by atoms with Crippen LogP contribution in [-0.4, -0.2) is 63.5 Å². The summed E-state index contributed by atoms with van der Waals surface area (Å²) in [6.45, 7) is 8.85. The summed E-state index contributed by atoms with van der Waals surface area (Å²) in [7, 11) is 0. The third-order valence-corrected chi connectivity index (χ3v) is 5.92. The molecule has 1 aliphatic rings. The largest absolute Gasteiger partial charge is 0.481 e. The lowest BCUT2D eigenvalue weighted by molar-refractivity contribution is -0.139.